The van der Waals surface area contributed by atoms with Gasteiger partial charge in [0.1, 0.15) is 10.9 Å². The molecule has 0 radical (unpaired) electrons. The van der Waals surface area contributed by atoms with Gasteiger partial charge in [0.05, 0.1) is 0 Å². The van der Waals surface area contributed by atoms with Crippen LogP contribution in [0, 0.1) is 0 Å². The summed E-state index contributed by atoms with van der Waals surface area (Å²) in [6.45, 7) is 0.487. The van der Waals surface area contributed by atoms with Crippen LogP contribution in [-0.4, -0.2) is 28.5 Å². The third-order valence-electron chi connectivity index (χ3n) is 4.96. The number of rotatable bonds is 4. The first-order valence-electron chi connectivity index (χ1n) is 8.54. The zero-order valence-electron chi connectivity index (χ0n) is 13.9. The Morgan fingerprint density at radius 3 is 2.52 bits per heavy atom. The maximum atomic E-state index is 12.8. The van der Waals surface area contributed by atoms with Crippen LogP contribution in [0.25, 0.3) is 0 Å². The van der Waals surface area contributed by atoms with Crippen LogP contribution in [0.5, 0.6) is 0 Å². The van der Waals surface area contributed by atoms with Crippen molar-refractivity contribution >= 4 is 23.6 Å². The molecule has 2 aliphatic heterocycles. The molecule has 2 fully saturated rings. The van der Waals surface area contributed by atoms with E-state index in [2.05, 4.69) is 17.4 Å². The first-order valence-corrected chi connectivity index (χ1v) is 9.52. The van der Waals surface area contributed by atoms with Crippen molar-refractivity contribution in [1.82, 2.24) is 10.2 Å². The van der Waals surface area contributed by atoms with E-state index < -0.39 is 6.04 Å². The fourth-order valence-electron chi connectivity index (χ4n) is 3.74. The quantitative estimate of drug-likeness (QED) is 0.920. The normalized spacial score (nSPS) is 25.0. The second kappa shape index (κ2) is 6.56. The number of hydrogen-bond acceptors (Lipinski definition) is 3. The van der Waals surface area contributed by atoms with E-state index in [1.807, 2.05) is 53.4 Å². The van der Waals surface area contributed by atoms with Crippen LogP contribution >= 0.6 is 11.8 Å². The molecule has 2 atom stereocenters. The van der Waals surface area contributed by atoms with E-state index in [1.165, 1.54) is 0 Å². The molecule has 0 unspecified atom stereocenters. The summed E-state index contributed by atoms with van der Waals surface area (Å²) in [7, 11) is 0. The molecule has 2 aromatic carbocycles. The molecule has 0 aromatic heterocycles. The molecular weight excluding hydrogens is 332 g/mol. The van der Waals surface area contributed by atoms with Gasteiger partial charge in [0.25, 0.3) is 0 Å². The van der Waals surface area contributed by atoms with Crippen molar-refractivity contribution in [2.75, 3.05) is 5.75 Å². The molecular formula is C20H20N2O2S. The van der Waals surface area contributed by atoms with E-state index in [0.717, 1.165) is 17.5 Å². The lowest BCUT2D eigenvalue weighted by atomic mass is 10.0. The third-order valence-corrected chi connectivity index (χ3v) is 6.56. The molecule has 0 saturated carbocycles. The van der Waals surface area contributed by atoms with Crippen LogP contribution in [0.3, 0.4) is 0 Å². The molecule has 2 heterocycles. The lowest BCUT2D eigenvalue weighted by Crippen LogP contribution is -2.49. The van der Waals surface area contributed by atoms with Crippen LogP contribution < -0.4 is 5.32 Å². The maximum absolute atomic E-state index is 12.8. The minimum Gasteiger partial charge on any atom is -0.350 e. The van der Waals surface area contributed by atoms with Crippen LogP contribution in [0.15, 0.2) is 60.7 Å². The lowest BCUT2D eigenvalue weighted by molar-refractivity contribution is -0.138. The standard InChI is InChI=1S/C20H20N2O2S/c23-18-11-12-20(16-9-5-2-6-10-16)22(18)17(14-25-20)19(24)21-13-15-7-3-1-4-8-15/h1-10,17H,11-14H2,(H,21,24)/t17-,20-/m1/s1. The molecule has 2 aromatic rings. The summed E-state index contributed by atoms with van der Waals surface area (Å²) in [5, 5.41) is 3.00. The van der Waals surface area contributed by atoms with Gasteiger partial charge in [-0.2, -0.15) is 0 Å². The topological polar surface area (TPSA) is 49.4 Å². The van der Waals surface area contributed by atoms with Gasteiger partial charge in [0.2, 0.25) is 11.8 Å². The Hall–Kier alpha value is -2.27. The number of carbonyl (C=O) groups is 2. The maximum Gasteiger partial charge on any atom is 0.244 e. The molecule has 2 aliphatic rings. The summed E-state index contributed by atoms with van der Waals surface area (Å²) in [5.74, 6) is 0.652. The fourth-order valence-corrected chi connectivity index (χ4v) is 5.39. The Morgan fingerprint density at radius 2 is 1.80 bits per heavy atom. The molecule has 2 amide bonds. The zero-order chi connectivity index (χ0) is 17.3. The number of benzene rings is 2. The van der Waals surface area contributed by atoms with Gasteiger partial charge >= 0.3 is 0 Å². The van der Waals surface area contributed by atoms with Crippen molar-refractivity contribution < 1.29 is 9.59 Å². The van der Waals surface area contributed by atoms with Crippen LogP contribution in [0.2, 0.25) is 0 Å². The summed E-state index contributed by atoms with van der Waals surface area (Å²) >= 11 is 1.72. The van der Waals surface area contributed by atoms with E-state index >= 15 is 0 Å². The largest absolute Gasteiger partial charge is 0.350 e. The number of nitrogens with zero attached hydrogens (tertiary/aromatic N) is 1. The molecule has 25 heavy (non-hydrogen) atoms. The summed E-state index contributed by atoms with van der Waals surface area (Å²) in [6, 6.07) is 19.5. The van der Waals surface area contributed by atoms with Crippen molar-refractivity contribution in [1.29, 1.82) is 0 Å². The van der Waals surface area contributed by atoms with Gasteiger partial charge in [0.15, 0.2) is 0 Å². The fraction of sp³-hybridized carbons (Fsp3) is 0.300. The molecule has 5 heteroatoms. The van der Waals surface area contributed by atoms with Gasteiger partial charge < -0.3 is 10.2 Å². The van der Waals surface area contributed by atoms with E-state index in [9.17, 15) is 9.59 Å². The van der Waals surface area contributed by atoms with E-state index in [1.54, 1.807) is 11.8 Å². The average Bonchev–Trinajstić information content (AvgIpc) is 3.21. The molecule has 128 valence electrons. The van der Waals surface area contributed by atoms with Gasteiger partial charge in [-0.3, -0.25) is 9.59 Å². The van der Waals surface area contributed by atoms with Crippen LogP contribution in [-0.2, 0) is 21.0 Å². The highest BCUT2D eigenvalue weighted by Crippen LogP contribution is 2.54. The van der Waals surface area contributed by atoms with Crippen molar-refractivity contribution in [3.05, 3.63) is 71.8 Å². The third kappa shape index (κ3) is 2.82. The smallest absolute Gasteiger partial charge is 0.244 e. The van der Waals surface area contributed by atoms with Gasteiger partial charge in [-0.25, -0.2) is 0 Å². The number of amides is 2. The molecule has 0 aliphatic carbocycles. The highest BCUT2D eigenvalue weighted by atomic mass is 32.2. The zero-order valence-corrected chi connectivity index (χ0v) is 14.7. The van der Waals surface area contributed by atoms with Crippen LogP contribution in [0.4, 0.5) is 0 Å². The Bertz CT molecular complexity index is 781. The molecule has 4 rings (SSSR count). The summed E-state index contributed by atoms with van der Waals surface area (Å²) in [6.07, 6.45) is 1.27. The van der Waals surface area contributed by atoms with Crippen molar-refractivity contribution in [3.63, 3.8) is 0 Å². The van der Waals surface area contributed by atoms with E-state index in [0.29, 0.717) is 18.7 Å². The predicted octanol–water partition coefficient (Wildman–Crippen LogP) is 2.89. The van der Waals surface area contributed by atoms with Gasteiger partial charge in [0, 0.05) is 18.7 Å². The molecule has 0 spiro atoms. The second-order valence-electron chi connectivity index (χ2n) is 6.44. The first-order chi connectivity index (χ1) is 12.2. The second-order valence-corrected chi connectivity index (χ2v) is 7.74. The SMILES string of the molecule is O=C(NCc1ccccc1)[C@H]1CS[C@@]2(c3ccccc3)CCC(=O)N12. The Labute approximate surface area is 151 Å². The Kier molecular flexibility index (Phi) is 4.25. The average molecular weight is 352 g/mol. The molecule has 2 saturated heterocycles. The summed E-state index contributed by atoms with van der Waals surface area (Å²) < 4.78 is 0. The molecule has 1 N–H and O–H groups in total. The first kappa shape index (κ1) is 16.2. The van der Waals surface area contributed by atoms with Crippen molar-refractivity contribution in [3.8, 4) is 0 Å². The van der Waals surface area contributed by atoms with Crippen LogP contribution in [0.1, 0.15) is 24.0 Å². The number of fused-ring (bicyclic) bond motifs is 1. The summed E-state index contributed by atoms with van der Waals surface area (Å²) in [4.78, 5) is 26.8. The minimum atomic E-state index is -0.399. The lowest BCUT2D eigenvalue weighted by Gasteiger charge is -2.34. The Morgan fingerprint density at radius 1 is 1.12 bits per heavy atom. The van der Waals surface area contributed by atoms with Gasteiger partial charge in [-0.15, -0.1) is 11.8 Å². The molecule has 4 nitrogen and oxygen atoms in total. The number of thioether (sulfide) groups is 1. The monoisotopic (exact) mass is 352 g/mol. The predicted molar refractivity (Wildman–Crippen MR) is 98.7 cm³/mol. The summed E-state index contributed by atoms with van der Waals surface area (Å²) in [5.41, 5.74) is 2.17. The van der Waals surface area contributed by atoms with Crippen molar-refractivity contribution in [2.45, 2.75) is 30.3 Å². The van der Waals surface area contributed by atoms with Gasteiger partial charge in [-0.1, -0.05) is 60.7 Å². The number of hydrogen-bond donors (Lipinski definition) is 1. The highest BCUT2D eigenvalue weighted by molar-refractivity contribution is 8.00. The molecule has 0 bridgehead atoms. The highest BCUT2D eigenvalue weighted by Gasteiger charge is 2.56. The van der Waals surface area contributed by atoms with E-state index in [-0.39, 0.29) is 16.7 Å². The van der Waals surface area contributed by atoms with Gasteiger partial charge in [-0.05, 0) is 17.5 Å². The minimum absolute atomic E-state index is 0.0654. The van der Waals surface area contributed by atoms with E-state index in [4.69, 9.17) is 0 Å². The van der Waals surface area contributed by atoms with Crippen molar-refractivity contribution in [2.24, 2.45) is 0 Å². The number of nitrogens with one attached hydrogen (secondary N) is 1. The number of carbonyl (C=O) groups excluding carboxylic acids is 2. The Balaban J connectivity index is 1.54.